The van der Waals surface area contributed by atoms with Crippen molar-refractivity contribution >= 4 is 11.6 Å². The normalized spacial score (nSPS) is 19.7. The smallest absolute Gasteiger partial charge is 0.398 e. The molecule has 4 nitrogen and oxygen atoms in total. The zero-order valence-electron chi connectivity index (χ0n) is 11.7. The summed E-state index contributed by atoms with van der Waals surface area (Å²) < 4.78 is 38.2. The van der Waals surface area contributed by atoms with Crippen LogP contribution in [0.4, 0.5) is 18.9 Å². The van der Waals surface area contributed by atoms with Crippen molar-refractivity contribution in [1.82, 2.24) is 10.2 Å². The highest BCUT2D eigenvalue weighted by Crippen LogP contribution is 2.34. The lowest BCUT2D eigenvalue weighted by atomic mass is 10.1. The number of hydrogen-bond acceptors (Lipinski definition) is 3. The Morgan fingerprint density at radius 1 is 1.48 bits per heavy atom. The Bertz CT molecular complexity index is 531. The van der Waals surface area contributed by atoms with Gasteiger partial charge in [-0.1, -0.05) is 0 Å². The number of carbonyl (C=O) groups is 1. The molecule has 1 aliphatic rings. The molecule has 1 amide bonds. The van der Waals surface area contributed by atoms with Gasteiger partial charge in [-0.25, -0.2) is 0 Å². The molecule has 0 aliphatic carbocycles. The third-order valence-electron chi connectivity index (χ3n) is 3.66. The zero-order chi connectivity index (χ0) is 15.6. The van der Waals surface area contributed by atoms with Gasteiger partial charge in [-0.3, -0.25) is 4.79 Å². The minimum Gasteiger partial charge on any atom is -0.398 e. The molecule has 116 valence electrons. The fraction of sp³-hybridized carbons (Fsp3) is 0.500. The van der Waals surface area contributed by atoms with Gasteiger partial charge in [-0.2, -0.15) is 13.2 Å². The van der Waals surface area contributed by atoms with Gasteiger partial charge in [0, 0.05) is 24.3 Å². The SMILES string of the molecule is CN1CCC(CNC(=O)c2ccc(N)c(C(F)(F)F)c2)C1. The molecule has 1 atom stereocenters. The Morgan fingerprint density at radius 2 is 2.19 bits per heavy atom. The van der Waals surface area contributed by atoms with Crippen LogP contribution in [0.1, 0.15) is 22.3 Å². The van der Waals surface area contributed by atoms with Gasteiger partial charge in [0.1, 0.15) is 0 Å². The number of hydrogen-bond donors (Lipinski definition) is 2. The molecule has 1 aromatic carbocycles. The summed E-state index contributed by atoms with van der Waals surface area (Å²) in [7, 11) is 2.00. The van der Waals surface area contributed by atoms with Gasteiger partial charge >= 0.3 is 6.18 Å². The molecular formula is C14H18F3N3O. The van der Waals surface area contributed by atoms with E-state index >= 15 is 0 Å². The molecule has 1 aliphatic heterocycles. The van der Waals surface area contributed by atoms with Crippen LogP contribution in [0.15, 0.2) is 18.2 Å². The molecule has 0 radical (unpaired) electrons. The number of nitrogens with one attached hydrogen (secondary N) is 1. The lowest BCUT2D eigenvalue weighted by Crippen LogP contribution is -2.30. The number of alkyl halides is 3. The van der Waals surface area contributed by atoms with Crippen molar-refractivity contribution < 1.29 is 18.0 Å². The van der Waals surface area contributed by atoms with E-state index in [1.165, 1.54) is 6.07 Å². The van der Waals surface area contributed by atoms with E-state index in [2.05, 4.69) is 10.2 Å². The number of rotatable bonds is 3. The highest BCUT2D eigenvalue weighted by atomic mass is 19.4. The molecule has 1 aromatic rings. The number of halogens is 3. The van der Waals surface area contributed by atoms with Gasteiger partial charge in [0.15, 0.2) is 0 Å². The van der Waals surface area contributed by atoms with E-state index in [-0.39, 0.29) is 11.3 Å². The average Bonchev–Trinajstić information content (AvgIpc) is 2.81. The summed E-state index contributed by atoms with van der Waals surface area (Å²) in [6.45, 7) is 2.32. The predicted molar refractivity (Wildman–Crippen MR) is 73.8 cm³/mol. The largest absolute Gasteiger partial charge is 0.418 e. The number of likely N-dealkylation sites (tertiary alicyclic amines) is 1. The second kappa shape index (κ2) is 5.93. The summed E-state index contributed by atoms with van der Waals surface area (Å²) in [5.41, 5.74) is 3.93. The van der Waals surface area contributed by atoms with Crippen molar-refractivity contribution in [2.24, 2.45) is 5.92 Å². The lowest BCUT2D eigenvalue weighted by Gasteiger charge is -2.14. The molecule has 0 aromatic heterocycles. The molecule has 2 rings (SSSR count). The van der Waals surface area contributed by atoms with Gasteiger partial charge in [0.05, 0.1) is 5.56 Å². The summed E-state index contributed by atoms with van der Waals surface area (Å²) in [5.74, 6) is -0.162. The molecule has 1 unspecified atom stereocenters. The van der Waals surface area contributed by atoms with Gasteiger partial charge in [0.2, 0.25) is 0 Å². The number of amides is 1. The van der Waals surface area contributed by atoms with E-state index in [9.17, 15) is 18.0 Å². The monoisotopic (exact) mass is 301 g/mol. The van der Waals surface area contributed by atoms with Crippen LogP contribution in [0.3, 0.4) is 0 Å². The first-order valence-corrected chi connectivity index (χ1v) is 6.71. The summed E-state index contributed by atoms with van der Waals surface area (Å²) in [6, 6.07) is 3.22. The van der Waals surface area contributed by atoms with Gasteiger partial charge in [-0.15, -0.1) is 0 Å². The maximum absolute atomic E-state index is 12.7. The maximum Gasteiger partial charge on any atom is 0.418 e. The molecular weight excluding hydrogens is 283 g/mol. The molecule has 0 saturated carbocycles. The van der Waals surface area contributed by atoms with Crippen LogP contribution >= 0.6 is 0 Å². The number of anilines is 1. The first kappa shape index (κ1) is 15.6. The van der Waals surface area contributed by atoms with E-state index in [0.29, 0.717) is 12.5 Å². The van der Waals surface area contributed by atoms with Gasteiger partial charge < -0.3 is 16.0 Å². The Morgan fingerprint density at radius 3 is 2.76 bits per heavy atom. The van der Waals surface area contributed by atoms with Gasteiger partial charge in [0.25, 0.3) is 5.91 Å². The maximum atomic E-state index is 12.7. The minimum absolute atomic E-state index is 0.0251. The molecule has 7 heteroatoms. The second-order valence-corrected chi connectivity index (χ2v) is 5.43. The van der Waals surface area contributed by atoms with Crippen LogP contribution in [-0.2, 0) is 6.18 Å². The van der Waals surface area contributed by atoms with Crippen molar-refractivity contribution in [3.05, 3.63) is 29.3 Å². The predicted octanol–water partition coefficient (Wildman–Crippen LogP) is 1.97. The first-order valence-electron chi connectivity index (χ1n) is 6.71. The average molecular weight is 301 g/mol. The van der Waals surface area contributed by atoms with Crippen molar-refractivity contribution in [2.75, 3.05) is 32.4 Å². The number of carbonyl (C=O) groups excluding carboxylic acids is 1. The van der Waals surface area contributed by atoms with Crippen LogP contribution in [0.25, 0.3) is 0 Å². The molecule has 1 fully saturated rings. The number of nitrogen functional groups attached to an aromatic ring is 1. The molecule has 1 heterocycles. The zero-order valence-corrected chi connectivity index (χ0v) is 11.7. The summed E-state index contributed by atoms with van der Waals surface area (Å²) in [6.07, 6.45) is -3.58. The topological polar surface area (TPSA) is 58.4 Å². The number of benzene rings is 1. The standard InChI is InChI=1S/C14H18F3N3O/c1-20-5-4-9(8-20)7-19-13(21)10-2-3-12(18)11(6-10)14(15,16)17/h2-3,6,9H,4-5,7-8,18H2,1H3,(H,19,21). The Kier molecular flexibility index (Phi) is 4.41. The Labute approximate surface area is 121 Å². The third-order valence-corrected chi connectivity index (χ3v) is 3.66. The van der Waals surface area contributed by atoms with E-state index in [1.807, 2.05) is 7.05 Å². The quantitative estimate of drug-likeness (QED) is 0.839. The van der Waals surface area contributed by atoms with Gasteiger partial charge in [-0.05, 0) is 44.1 Å². The van der Waals surface area contributed by atoms with Crippen molar-refractivity contribution in [3.63, 3.8) is 0 Å². The summed E-state index contributed by atoms with van der Waals surface area (Å²) >= 11 is 0. The lowest BCUT2D eigenvalue weighted by molar-refractivity contribution is -0.136. The third kappa shape index (κ3) is 3.87. The Balaban J connectivity index is 2.02. The second-order valence-electron chi connectivity index (χ2n) is 5.43. The molecule has 1 saturated heterocycles. The Hall–Kier alpha value is -1.76. The molecule has 21 heavy (non-hydrogen) atoms. The molecule has 0 spiro atoms. The van der Waals surface area contributed by atoms with E-state index < -0.39 is 17.6 Å². The van der Waals surface area contributed by atoms with Crippen LogP contribution < -0.4 is 11.1 Å². The molecule has 3 N–H and O–H groups in total. The van der Waals surface area contributed by atoms with Crippen LogP contribution in [0.2, 0.25) is 0 Å². The van der Waals surface area contributed by atoms with E-state index in [1.54, 1.807) is 0 Å². The van der Waals surface area contributed by atoms with Crippen LogP contribution in [0.5, 0.6) is 0 Å². The fourth-order valence-electron chi connectivity index (χ4n) is 2.48. The van der Waals surface area contributed by atoms with Crippen LogP contribution in [0, 0.1) is 5.92 Å². The molecule has 0 bridgehead atoms. The van der Waals surface area contributed by atoms with E-state index in [0.717, 1.165) is 31.6 Å². The summed E-state index contributed by atoms with van der Waals surface area (Å²) in [5, 5.41) is 2.69. The first-order chi connectivity index (χ1) is 9.77. The van der Waals surface area contributed by atoms with Crippen molar-refractivity contribution in [3.8, 4) is 0 Å². The highest BCUT2D eigenvalue weighted by molar-refractivity contribution is 5.94. The fourth-order valence-corrected chi connectivity index (χ4v) is 2.48. The number of nitrogens with two attached hydrogens (primary N) is 1. The minimum atomic E-state index is -4.56. The number of nitrogens with zero attached hydrogens (tertiary/aromatic N) is 1. The highest BCUT2D eigenvalue weighted by Gasteiger charge is 2.33. The van der Waals surface area contributed by atoms with Crippen molar-refractivity contribution in [2.45, 2.75) is 12.6 Å². The van der Waals surface area contributed by atoms with E-state index in [4.69, 9.17) is 5.73 Å². The summed E-state index contributed by atoms with van der Waals surface area (Å²) in [4.78, 5) is 14.1. The van der Waals surface area contributed by atoms with Crippen LogP contribution in [-0.4, -0.2) is 37.5 Å². The van der Waals surface area contributed by atoms with Crippen molar-refractivity contribution in [1.29, 1.82) is 0 Å².